The van der Waals surface area contributed by atoms with Gasteiger partial charge in [0, 0.05) is 32.7 Å². The second kappa shape index (κ2) is 9.19. The number of morpholine rings is 1. The molecule has 0 bridgehead atoms. The lowest BCUT2D eigenvalue weighted by atomic mass is 10.0. The van der Waals surface area contributed by atoms with Crippen LogP contribution in [0.3, 0.4) is 0 Å². The summed E-state index contributed by atoms with van der Waals surface area (Å²) < 4.78 is 10.5. The number of rotatable bonds is 9. The van der Waals surface area contributed by atoms with Gasteiger partial charge in [-0.25, -0.2) is 0 Å². The van der Waals surface area contributed by atoms with Crippen LogP contribution >= 0.6 is 0 Å². The Morgan fingerprint density at radius 1 is 1.15 bits per heavy atom. The molecule has 0 radical (unpaired) electrons. The molecular formula is C20H29N3O4. The first kappa shape index (κ1) is 19.6. The summed E-state index contributed by atoms with van der Waals surface area (Å²) in [5.74, 6) is 0.501. The quantitative estimate of drug-likeness (QED) is 0.618. The summed E-state index contributed by atoms with van der Waals surface area (Å²) in [4.78, 5) is 27.3. The van der Waals surface area contributed by atoms with Crippen LogP contribution in [0.4, 0.5) is 0 Å². The molecule has 1 aromatic rings. The maximum absolute atomic E-state index is 12.5. The fourth-order valence-electron chi connectivity index (χ4n) is 3.32. The van der Waals surface area contributed by atoms with E-state index in [0.29, 0.717) is 32.4 Å². The van der Waals surface area contributed by atoms with Gasteiger partial charge in [0.2, 0.25) is 11.8 Å². The second-order valence-corrected chi connectivity index (χ2v) is 7.15. The van der Waals surface area contributed by atoms with E-state index in [2.05, 4.69) is 15.5 Å². The SMILES string of the molecule is COc1cccc(CCNC(=O)C2(C(=O)NCCN3CCOCC3)CC2)c1. The van der Waals surface area contributed by atoms with E-state index < -0.39 is 5.41 Å². The molecule has 2 aliphatic rings. The van der Waals surface area contributed by atoms with Crippen molar-refractivity contribution in [2.45, 2.75) is 19.3 Å². The van der Waals surface area contributed by atoms with E-state index in [1.807, 2.05) is 24.3 Å². The van der Waals surface area contributed by atoms with Crippen LogP contribution in [0.2, 0.25) is 0 Å². The first-order valence-electron chi connectivity index (χ1n) is 9.64. The van der Waals surface area contributed by atoms with Gasteiger partial charge in [-0.1, -0.05) is 12.1 Å². The van der Waals surface area contributed by atoms with Crippen LogP contribution < -0.4 is 15.4 Å². The van der Waals surface area contributed by atoms with Crippen LogP contribution in [0, 0.1) is 5.41 Å². The fourth-order valence-corrected chi connectivity index (χ4v) is 3.32. The van der Waals surface area contributed by atoms with Gasteiger partial charge in [0.05, 0.1) is 20.3 Å². The Labute approximate surface area is 160 Å². The van der Waals surface area contributed by atoms with Crippen molar-refractivity contribution in [2.75, 3.05) is 53.0 Å². The first-order valence-corrected chi connectivity index (χ1v) is 9.64. The van der Waals surface area contributed by atoms with Crippen molar-refractivity contribution in [1.82, 2.24) is 15.5 Å². The van der Waals surface area contributed by atoms with Gasteiger partial charge >= 0.3 is 0 Å². The molecule has 0 atom stereocenters. The molecule has 2 fully saturated rings. The van der Waals surface area contributed by atoms with Crippen LogP contribution in [0.15, 0.2) is 24.3 Å². The Hall–Kier alpha value is -2.12. The van der Waals surface area contributed by atoms with E-state index in [0.717, 1.165) is 44.2 Å². The maximum atomic E-state index is 12.5. The monoisotopic (exact) mass is 375 g/mol. The summed E-state index contributed by atoms with van der Waals surface area (Å²) in [6, 6.07) is 7.78. The Morgan fingerprint density at radius 2 is 1.85 bits per heavy atom. The van der Waals surface area contributed by atoms with Gasteiger partial charge in [-0.3, -0.25) is 14.5 Å². The minimum absolute atomic E-state index is 0.144. The van der Waals surface area contributed by atoms with E-state index in [-0.39, 0.29) is 11.8 Å². The molecule has 7 nitrogen and oxygen atoms in total. The molecule has 1 aromatic carbocycles. The molecule has 3 rings (SSSR count). The van der Waals surface area contributed by atoms with E-state index in [9.17, 15) is 9.59 Å². The summed E-state index contributed by atoms with van der Waals surface area (Å²) in [7, 11) is 1.63. The highest BCUT2D eigenvalue weighted by atomic mass is 16.5. The van der Waals surface area contributed by atoms with E-state index in [4.69, 9.17) is 9.47 Å². The largest absolute Gasteiger partial charge is 0.497 e. The minimum atomic E-state index is -0.862. The van der Waals surface area contributed by atoms with Gasteiger partial charge in [0.15, 0.2) is 0 Å². The minimum Gasteiger partial charge on any atom is -0.497 e. The average Bonchev–Trinajstić information content (AvgIpc) is 3.51. The van der Waals surface area contributed by atoms with Crippen molar-refractivity contribution >= 4 is 11.8 Å². The normalized spacial score (nSPS) is 18.6. The highest BCUT2D eigenvalue weighted by Gasteiger charge is 2.56. The number of hydrogen-bond acceptors (Lipinski definition) is 5. The molecule has 2 N–H and O–H groups in total. The third-order valence-electron chi connectivity index (χ3n) is 5.27. The zero-order valence-corrected chi connectivity index (χ0v) is 16.0. The van der Waals surface area contributed by atoms with Gasteiger partial charge in [-0.15, -0.1) is 0 Å². The average molecular weight is 375 g/mol. The number of nitrogens with one attached hydrogen (secondary N) is 2. The third kappa shape index (κ3) is 5.20. The second-order valence-electron chi connectivity index (χ2n) is 7.15. The smallest absolute Gasteiger partial charge is 0.235 e. The van der Waals surface area contributed by atoms with Crippen LogP contribution in [0.25, 0.3) is 0 Å². The maximum Gasteiger partial charge on any atom is 0.235 e. The van der Waals surface area contributed by atoms with Gasteiger partial charge in [-0.2, -0.15) is 0 Å². The Kier molecular flexibility index (Phi) is 6.68. The Bertz CT molecular complexity index is 654. The number of methoxy groups -OCH3 is 1. The number of amides is 2. The molecule has 1 saturated heterocycles. The predicted octanol–water partition coefficient (Wildman–Crippen LogP) is 0.583. The van der Waals surface area contributed by atoms with Gasteiger partial charge in [-0.05, 0) is 37.0 Å². The zero-order chi connectivity index (χ0) is 19.1. The van der Waals surface area contributed by atoms with Crippen LogP contribution in [-0.4, -0.2) is 69.8 Å². The number of ether oxygens (including phenoxy) is 2. The van der Waals surface area contributed by atoms with Crippen molar-refractivity contribution in [3.63, 3.8) is 0 Å². The van der Waals surface area contributed by atoms with E-state index >= 15 is 0 Å². The van der Waals surface area contributed by atoms with Crippen LogP contribution in [0.1, 0.15) is 18.4 Å². The topological polar surface area (TPSA) is 79.9 Å². The van der Waals surface area contributed by atoms with Crippen LogP contribution in [0.5, 0.6) is 5.75 Å². The number of nitrogens with zero attached hydrogens (tertiary/aromatic N) is 1. The molecule has 1 heterocycles. The number of hydrogen-bond donors (Lipinski definition) is 2. The summed E-state index contributed by atoms with van der Waals surface area (Å²) in [6.45, 7) is 5.15. The van der Waals surface area contributed by atoms with Crippen molar-refractivity contribution < 1.29 is 19.1 Å². The summed E-state index contributed by atoms with van der Waals surface area (Å²) >= 11 is 0. The van der Waals surface area contributed by atoms with Crippen LogP contribution in [-0.2, 0) is 20.7 Å². The Morgan fingerprint density at radius 3 is 2.52 bits per heavy atom. The van der Waals surface area contributed by atoms with Crippen molar-refractivity contribution in [1.29, 1.82) is 0 Å². The number of carbonyl (C=O) groups is 2. The first-order chi connectivity index (χ1) is 13.1. The van der Waals surface area contributed by atoms with Crippen molar-refractivity contribution in [3.8, 4) is 5.75 Å². The molecule has 1 aliphatic carbocycles. The fraction of sp³-hybridized carbons (Fsp3) is 0.600. The van der Waals surface area contributed by atoms with E-state index in [1.165, 1.54) is 0 Å². The highest BCUT2D eigenvalue weighted by molar-refractivity contribution is 6.07. The van der Waals surface area contributed by atoms with Gasteiger partial charge in [0.1, 0.15) is 11.2 Å². The molecule has 0 unspecified atom stereocenters. The van der Waals surface area contributed by atoms with E-state index in [1.54, 1.807) is 7.11 Å². The predicted molar refractivity (Wildman–Crippen MR) is 102 cm³/mol. The summed E-state index contributed by atoms with van der Waals surface area (Å²) in [5.41, 5.74) is 0.230. The summed E-state index contributed by atoms with van der Waals surface area (Å²) in [6.07, 6.45) is 1.96. The number of benzene rings is 1. The molecule has 0 spiro atoms. The number of carbonyl (C=O) groups excluding carboxylic acids is 2. The van der Waals surface area contributed by atoms with Gasteiger partial charge < -0.3 is 20.1 Å². The lowest BCUT2D eigenvalue weighted by molar-refractivity contribution is -0.137. The van der Waals surface area contributed by atoms with Crippen molar-refractivity contribution in [3.05, 3.63) is 29.8 Å². The van der Waals surface area contributed by atoms with Gasteiger partial charge in [0.25, 0.3) is 0 Å². The lowest BCUT2D eigenvalue weighted by Gasteiger charge is -2.26. The zero-order valence-electron chi connectivity index (χ0n) is 16.0. The standard InChI is InChI=1S/C20H29N3O4/c1-26-17-4-2-3-16(15-17)5-8-21-18(24)20(6-7-20)19(25)22-9-10-23-11-13-27-14-12-23/h2-4,15H,5-14H2,1H3,(H,21,24)(H,22,25). The molecule has 1 saturated carbocycles. The highest BCUT2D eigenvalue weighted by Crippen LogP contribution is 2.46. The molecule has 7 heteroatoms. The molecule has 0 aromatic heterocycles. The lowest BCUT2D eigenvalue weighted by Crippen LogP contribution is -2.46. The molecule has 27 heavy (non-hydrogen) atoms. The molecule has 148 valence electrons. The summed E-state index contributed by atoms with van der Waals surface area (Å²) in [5, 5.41) is 5.86. The molecule has 2 amide bonds. The third-order valence-corrected chi connectivity index (χ3v) is 5.27. The molecule has 1 aliphatic heterocycles. The van der Waals surface area contributed by atoms with Crippen molar-refractivity contribution in [2.24, 2.45) is 5.41 Å². The Balaban J connectivity index is 1.39. The molecular weight excluding hydrogens is 346 g/mol.